The van der Waals surface area contributed by atoms with Crippen LogP contribution >= 0.6 is 15.6 Å². The summed E-state index contributed by atoms with van der Waals surface area (Å²) in [6.07, 6.45) is 51.6. The van der Waals surface area contributed by atoms with Crippen molar-refractivity contribution < 1.29 is 80.2 Å². The number of hydrogen-bond acceptors (Lipinski definition) is 15. The lowest BCUT2D eigenvalue weighted by Crippen LogP contribution is -2.30. The maximum Gasteiger partial charge on any atom is 0.472 e. The first kappa shape index (κ1) is 94.1. The molecule has 0 spiro atoms. The monoisotopic (exact) mass is 1410 g/mol. The third kappa shape index (κ3) is 67.9. The Hall–Kier alpha value is -1.94. The summed E-state index contributed by atoms with van der Waals surface area (Å²) in [5, 5.41) is 10.6. The van der Waals surface area contributed by atoms with E-state index in [9.17, 15) is 43.2 Å². The maximum absolute atomic E-state index is 13.1. The second-order valence-electron chi connectivity index (χ2n) is 29.2. The Balaban J connectivity index is 5.16. The zero-order valence-corrected chi connectivity index (χ0v) is 64.8. The molecule has 0 aromatic carbocycles. The molecule has 0 fully saturated rings. The first-order valence-corrected chi connectivity index (χ1v) is 42.8. The third-order valence-electron chi connectivity index (χ3n) is 18.5. The number of phosphoric ester groups is 2. The molecule has 7 atom stereocenters. The molecule has 0 saturated carbocycles. The van der Waals surface area contributed by atoms with Gasteiger partial charge in [0.2, 0.25) is 0 Å². The summed E-state index contributed by atoms with van der Waals surface area (Å²) >= 11 is 0. The van der Waals surface area contributed by atoms with Crippen LogP contribution in [0.4, 0.5) is 0 Å². The molecule has 0 amide bonds. The number of rotatable bonds is 74. The van der Waals surface area contributed by atoms with Crippen LogP contribution in [0.15, 0.2) is 0 Å². The fourth-order valence-electron chi connectivity index (χ4n) is 11.7. The SMILES string of the molecule is CCC(C)CCCCCCCCCCCCCCCCCCCCC(=O)OC[C@H](COP(=O)(O)OCC(O)COP(=O)(O)OC[C@@H](COC(=O)CCCCCCCCCCC(C)C)OC(=O)CCCCCCCCC(C)CC)OC(=O)CCCCCCCCCCCCC(C)C. The van der Waals surface area contributed by atoms with Crippen molar-refractivity contribution in [2.24, 2.45) is 23.7 Å². The summed E-state index contributed by atoms with van der Waals surface area (Å²) in [5.41, 5.74) is 0. The number of phosphoric acid groups is 2. The summed E-state index contributed by atoms with van der Waals surface area (Å²) in [6.45, 7) is 14.2. The quantitative estimate of drug-likeness (QED) is 0.0222. The van der Waals surface area contributed by atoms with Gasteiger partial charge in [-0.1, -0.05) is 338 Å². The first-order valence-electron chi connectivity index (χ1n) is 39.8. The molecule has 19 heteroatoms. The molecule has 17 nitrogen and oxygen atoms in total. The maximum atomic E-state index is 13.1. The minimum absolute atomic E-state index is 0.102. The van der Waals surface area contributed by atoms with Gasteiger partial charge in [-0.25, -0.2) is 9.13 Å². The molecular formula is C77H150O17P2. The average Bonchev–Trinajstić information content (AvgIpc) is 2.67. The van der Waals surface area contributed by atoms with Crippen LogP contribution in [0.25, 0.3) is 0 Å². The molecule has 570 valence electrons. The molecule has 0 saturated heterocycles. The fraction of sp³-hybridized carbons (Fsp3) is 0.948. The van der Waals surface area contributed by atoms with Crippen LogP contribution in [-0.4, -0.2) is 96.7 Å². The van der Waals surface area contributed by atoms with E-state index in [2.05, 4.69) is 55.4 Å². The van der Waals surface area contributed by atoms with E-state index in [1.54, 1.807) is 0 Å². The highest BCUT2D eigenvalue weighted by atomic mass is 31.2. The van der Waals surface area contributed by atoms with Crippen LogP contribution in [0.3, 0.4) is 0 Å². The van der Waals surface area contributed by atoms with E-state index in [1.165, 1.54) is 193 Å². The number of aliphatic hydroxyl groups excluding tert-OH is 1. The molecule has 0 aliphatic carbocycles. The van der Waals surface area contributed by atoms with Crippen LogP contribution in [0.5, 0.6) is 0 Å². The van der Waals surface area contributed by atoms with Crippen LogP contribution in [-0.2, 0) is 65.4 Å². The second-order valence-corrected chi connectivity index (χ2v) is 32.1. The predicted octanol–water partition coefficient (Wildman–Crippen LogP) is 22.4. The summed E-state index contributed by atoms with van der Waals surface area (Å²) in [5.74, 6) is 0.948. The van der Waals surface area contributed by atoms with Gasteiger partial charge >= 0.3 is 39.5 Å². The van der Waals surface area contributed by atoms with Gasteiger partial charge in [0.25, 0.3) is 0 Å². The first-order chi connectivity index (χ1) is 46.2. The smallest absolute Gasteiger partial charge is 0.462 e. The molecule has 96 heavy (non-hydrogen) atoms. The number of carbonyl (C=O) groups is 4. The van der Waals surface area contributed by atoms with Crippen LogP contribution < -0.4 is 0 Å². The van der Waals surface area contributed by atoms with E-state index >= 15 is 0 Å². The largest absolute Gasteiger partial charge is 0.472 e. The van der Waals surface area contributed by atoms with Crippen LogP contribution in [0.1, 0.15) is 389 Å². The van der Waals surface area contributed by atoms with Gasteiger partial charge in [-0.05, 0) is 49.4 Å². The lowest BCUT2D eigenvalue weighted by Gasteiger charge is -2.21. The van der Waals surface area contributed by atoms with Gasteiger partial charge in [0.1, 0.15) is 19.3 Å². The van der Waals surface area contributed by atoms with Crippen molar-refractivity contribution >= 4 is 39.5 Å². The minimum Gasteiger partial charge on any atom is -0.462 e. The van der Waals surface area contributed by atoms with Crippen molar-refractivity contribution in [3.63, 3.8) is 0 Å². The molecule has 0 aromatic rings. The fourth-order valence-corrected chi connectivity index (χ4v) is 13.2. The number of carbonyl (C=O) groups excluding carboxylic acids is 4. The molecule has 0 aromatic heterocycles. The zero-order chi connectivity index (χ0) is 71.0. The molecule has 3 N–H and O–H groups in total. The Morgan fingerprint density at radius 2 is 0.500 bits per heavy atom. The zero-order valence-electron chi connectivity index (χ0n) is 63.0. The number of aliphatic hydroxyl groups is 1. The number of esters is 4. The third-order valence-corrected chi connectivity index (χ3v) is 20.4. The Bertz CT molecular complexity index is 1890. The summed E-state index contributed by atoms with van der Waals surface area (Å²) in [6, 6.07) is 0. The van der Waals surface area contributed by atoms with Crippen molar-refractivity contribution in [1.29, 1.82) is 0 Å². The molecule has 0 aliphatic rings. The normalized spacial score (nSPS) is 14.7. The van der Waals surface area contributed by atoms with Gasteiger partial charge in [-0.15, -0.1) is 0 Å². The standard InChI is InChI=1S/C77H150O17P2/c1-9-69(7)55-47-39-31-24-19-17-15-13-11-12-14-16-18-20-25-32-41-49-57-74(79)87-63-72(93-76(81)59-51-43-34-26-22-21-23-29-37-45-53-67(3)4)65-91-95(83,84)89-61-71(78)62-90-96(85,86)92-66-73(94-77(82)60-52-44-36-35-40-48-56-70(8)10-2)64-88-75(80)58-50-42-33-28-27-30-38-46-54-68(5)6/h67-73,78H,9-66H2,1-8H3,(H,83,84)(H,85,86)/t69?,70?,71?,72-,73-/m1/s1. The average molecular weight is 1410 g/mol. The summed E-state index contributed by atoms with van der Waals surface area (Å²) in [7, 11) is -9.91. The van der Waals surface area contributed by atoms with Gasteiger partial charge < -0.3 is 33.8 Å². The van der Waals surface area contributed by atoms with Gasteiger partial charge in [-0.3, -0.25) is 37.3 Å². The van der Waals surface area contributed by atoms with E-state index < -0.39 is 97.5 Å². The molecule has 0 bridgehead atoms. The highest BCUT2D eigenvalue weighted by Gasteiger charge is 2.30. The van der Waals surface area contributed by atoms with Gasteiger partial charge in [0.05, 0.1) is 26.4 Å². The minimum atomic E-state index is -4.96. The van der Waals surface area contributed by atoms with Crippen LogP contribution in [0.2, 0.25) is 0 Å². The van der Waals surface area contributed by atoms with E-state index in [0.717, 1.165) is 114 Å². The van der Waals surface area contributed by atoms with Crippen molar-refractivity contribution in [2.75, 3.05) is 39.6 Å². The Morgan fingerprint density at radius 1 is 0.292 bits per heavy atom. The lowest BCUT2D eigenvalue weighted by atomic mass is 9.99. The van der Waals surface area contributed by atoms with Gasteiger partial charge in [-0.2, -0.15) is 0 Å². The molecule has 0 rings (SSSR count). The van der Waals surface area contributed by atoms with E-state index in [4.69, 9.17) is 37.0 Å². The van der Waals surface area contributed by atoms with Crippen LogP contribution in [0, 0.1) is 23.7 Å². The number of hydrogen-bond donors (Lipinski definition) is 3. The summed E-state index contributed by atoms with van der Waals surface area (Å²) < 4.78 is 68.5. The summed E-state index contributed by atoms with van der Waals surface area (Å²) in [4.78, 5) is 72.8. The molecule has 0 aliphatic heterocycles. The molecular weight excluding hydrogens is 1260 g/mol. The Morgan fingerprint density at radius 3 is 0.740 bits per heavy atom. The van der Waals surface area contributed by atoms with E-state index in [0.29, 0.717) is 25.7 Å². The Kier molecular flexibility index (Phi) is 65.0. The van der Waals surface area contributed by atoms with Crippen molar-refractivity contribution in [3.8, 4) is 0 Å². The molecule has 0 heterocycles. The van der Waals surface area contributed by atoms with Gasteiger partial charge in [0.15, 0.2) is 12.2 Å². The van der Waals surface area contributed by atoms with E-state index in [1.807, 2.05) is 0 Å². The van der Waals surface area contributed by atoms with Crippen molar-refractivity contribution in [3.05, 3.63) is 0 Å². The molecule has 0 radical (unpaired) electrons. The predicted molar refractivity (Wildman–Crippen MR) is 391 cm³/mol. The van der Waals surface area contributed by atoms with Crippen molar-refractivity contribution in [2.45, 2.75) is 408 Å². The topological polar surface area (TPSA) is 237 Å². The number of unbranched alkanes of at least 4 members (excludes halogenated alkanes) is 38. The lowest BCUT2D eigenvalue weighted by molar-refractivity contribution is -0.161. The molecule has 5 unspecified atom stereocenters. The van der Waals surface area contributed by atoms with Crippen molar-refractivity contribution in [1.82, 2.24) is 0 Å². The van der Waals surface area contributed by atoms with Gasteiger partial charge in [0, 0.05) is 25.7 Å². The number of ether oxygens (including phenoxy) is 4. The second kappa shape index (κ2) is 66.3. The highest BCUT2D eigenvalue weighted by Crippen LogP contribution is 2.45. The Labute approximate surface area is 588 Å². The van der Waals surface area contributed by atoms with E-state index in [-0.39, 0.29) is 25.7 Å². The highest BCUT2D eigenvalue weighted by molar-refractivity contribution is 7.47.